The van der Waals surface area contributed by atoms with Gasteiger partial charge in [0.2, 0.25) is 11.8 Å². The molecule has 2 fully saturated rings. The van der Waals surface area contributed by atoms with Gasteiger partial charge in [0, 0.05) is 44.7 Å². The molecule has 2 heterocycles. The minimum Gasteiger partial charge on any atom is -0.353 e. The fraction of sp³-hybridized carbons (Fsp3) is 0.417. The Bertz CT molecular complexity index is 890. The molecule has 0 unspecified atom stereocenters. The van der Waals surface area contributed by atoms with Crippen molar-refractivity contribution >= 4 is 11.8 Å². The number of nitrogens with zero attached hydrogens (tertiary/aromatic N) is 1. The lowest BCUT2D eigenvalue weighted by Crippen LogP contribution is -2.58. The maximum atomic E-state index is 13.0. The van der Waals surface area contributed by atoms with Gasteiger partial charge in [-0.3, -0.25) is 14.5 Å². The van der Waals surface area contributed by atoms with Crippen LogP contribution in [0.4, 0.5) is 4.39 Å². The van der Waals surface area contributed by atoms with E-state index in [1.807, 2.05) is 18.2 Å². The van der Waals surface area contributed by atoms with Crippen molar-refractivity contribution < 1.29 is 14.0 Å². The second-order valence-electron chi connectivity index (χ2n) is 8.35. The molecule has 2 amide bonds. The highest BCUT2D eigenvalue weighted by Gasteiger charge is 2.43. The molecule has 31 heavy (non-hydrogen) atoms. The summed E-state index contributed by atoms with van der Waals surface area (Å²) >= 11 is 0. The molecular weight excluding hydrogens is 395 g/mol. The van der Waals surface area contributed by atoms with Crippen LogP contribution in [-0.2, 0) is 22.7 Å². The number of hydrogen-bond donors (Lipinski definition) is 3. The van der Waals surface area contributed by atoms with Crippen molar-refractivity contribution in [3.05, 3.63) is 71.5 Å². The Balaban J connectivity index is 1.25. The second kappa shape index (κ2) is 10.0. The summed E-state index contributed by atoms with van der Waals surface area (Å²) < 4.78 is 13.0. The van der Waals surface area contributed by atoms with Crippen LogP contribution in [-0.4, -0.2) is 47.9 Å². The van der Waals surface area contributed by atoms with Crippen LogP contribution in [0.25, 0.3) is 0 Å². The van der Waals surface area contributed by atoms with Crippen LogP contribution in [0.3, 0.4) is 0 Å². The van der Waals surface area contributed by atoms with Crippen molar-refractivity contribution in [2.45, 2.75) is 50.5 Å². The normalized spacial score (nSPS) is 23.3. The van der Waals surface area contributed by atoms with E-state index in [4.69, 9.17) is 0 Å². The number of fused-ring (bicyclic) bond motifs is 1. The summed E-state index contributed by atoms with van der Waals surface area (Å²) in [5.74, 6) is -0.233. The van der Waals surface area contributed by atoms with E-state index in [9.17, 15) is 14.0 Å². The third kappa shape index (κ3) is 5.68. The zero-order chi connectivity index (χ0) is 21.6. The van der Waals surface area contributed by atoms with Gasteiger partial charge in [0.15, 0.2) is 0 Å². The van der Waals surface area contributed by atoms with Gasteiger partial charge in [-0.05, 0) is 36.1 Å². The maximum absolute atomic E-state index is 13.0. The molecule has 4 rings (SSSR count). The summed E-state index contributed by atoms with van der Waals surface area (Å²) in [4.78, 5) is 26.9. The summed E-state index contributed by atoms with van der Waals surface area (Å²) in [5, 5.41) is 9.48. The largest absolute Gasteiger partial charge is 0.353 e. The molecule has 0 saturated carbocycles. The molecule has 0 radical (unpaired) electrons. The van der Waals surface area contributed by atoms with Crippen molar-refractivity contribution in [2.75, 3.05) is 13.1 Å². The molecule has 3 N–H and O–H groups in total. The highest BCUT2D eigenvalue weighted by Crippen LogP contribution is 2.26. The molecule has 2 aromatic carbocycles. The quantitative estimate of drug-likeness (QED) is 0.606. The first-order valence-electron chi connectivity index (χ1n) is 10.9. The molecule has 2 aliphatic heterocycles. The van der Waals surface area contributed by atoms with E-state index in [1.165, 1.54) is 17.7 Å². The Labute approximate surface area is 182 Å². The number of nitrogens with one attached hydrogen (secondary N) is 3. The molecule has 2 aliphatic rings. The fourth-order valence-corrected chi connectivity index (χ4v) is 4.44. The Kier molecular flexibility index (Phi) is 6.94. The van der Waals surface area contributed by atoms with Crippen molar-refractivity contribution in [3.8, 4) is 0 Å². The van der Waals surface area contributed by atoms with Crippen LogP contribution in [0.15, 0.2) is 54.6 Å². The second-order valence-corrected chi connectivity index (χ2v) is 8.35. The predicted molar refractivity (Wildman–Crippen MR) is 116 cm³/mol. The van der Waals surface area contributed by atoms with Gasteiger partial charge in [0.05, 0.1) is 6.04 Å². The predicted octanol–water partition coefficient (Wildman–Crippen LogP) is 1.95. The van der Waals surface area contributed by atoms with Crippen LogP contribution in [0, 0.1) is 5.82 Å². The van der Waals surface area contributed by atoms with Gasteiger partial charge in [-0.25, -0.2) is 4.39 Å². The number of carbonyl (C=O) groups is 2. The summed E-state index contributed by atoms with van der Waals surface area (Å²) in [5.41, 5.74) is 2.10. The van der Waals surface area contributed by atoms with Gasteiger partial charge in [-0.2, -0.15) is 0 Å². The molecule has 6 nitrogen and oxygen atoms in total. The molecule has 0 bridgehead atoms. The minimum absolute atomic E-state index is 0.0317. The molecule has 0 aliphatic carbocycles. The third-order valence-electron chi connectivity index (χ3n) is 6.17. The minimum atomic E-state index is -0.286. The average Bonchev–Trinajstić information content (AvgIpc) is 3.23. The molecule has 0 spiro atoms. The highest BCUT2D eigenvalue weighted by molar-refractivity contribution is 5.83. The van der Waals surface area contributed by atoms with E-state index in [-0.39, 0.29) is 35.8 Å². The van der Waals surface area contributed by atoms with Gasteiger partial charge < -0.3 is 16.0 Å². The van der Waals surface area contributed by atoms with E-state index < -0.39 is 0 Å². The Morgan fingerprint density at radius 2 is 1.81 bits per heavy atom. The number of piperazine rings is 1. The molecular formula is C24H29FN4O2. The van der Waals surface area contributed by atoms with E-state index in [0.717, 1.165) is 25.1 Å². The Hall–Kier alpha value is -2.77. The van der Waals surface area contributed by atoms with Gasteiger partial charge in [0.1, 0.15) is 5.82 Å². The third-order valence-corrected chi connectivity index (χ3v) is 6.17. The number of benzene rings is 2. The van der Waals surface area contributed by atoms with Gasteiger partial charge >= 0.3 is 0 Å². The van der Waals surface area contributed by atoms with E-state index in [1.54, 1.807) is 12.1 Å². The number of amides is 2. The van der Waals surface area contributed by atoms with Gasteiger partial charge in [-0.15, -0.1) is 0 Å². The first-order valence-corrected chi connectivity index (χ1v) is 10.9. The Morgan fingerprint density at radius 3 is 2.58 bits per heavy atom. The summed E-state index contributed by atoms with van der Waals surface area (Å²) in [6, 6.07) is 16.6. The van der Waals surface area contributed by atoms with Gasteiger partial charge in [-0.1, -0.05) is 42.5 Å². The van der Waals surface area contributed by atoms with Crippen molar-refractivity contribution in [1.29, 1.82) is 0 Å². The van der Waals surface area contributed by atoms with Crippen LogP contribution >= 0.6 is 0 Å². The molecule has 7 heteroatoms. The fourth-order valence-electron chi connectivity index (χ4n) is 4.44. The first kappa shape index (κ1) is 21.5. The van der Waals surface area contributed by atoms with Crippen LogP contribution in [0.5, 0.6) is 0 Å². The number of hydrogen-bond acceptors (Lipinski definition) is 4. The maximum Gasteiger partial charge on any atom is 0.237 e. The van der Waals surface area contributed by atoms with Crippen molar-refractivity contribution in [3.63, 3.8) is 0 Å². The molecule has 164 valence electrons. The standard InChI is InChI=1S/C24H29FN4O2/c25-19-8-6-18(7-9-19)14-27-23(30)11-10-21-15-28-24(31)22-12-20(16-29(21)22)26-13-17-4-2-1-3-5-17/h1-9,20-22,26H,10-16H2,(H,27,30)(H,28,31)/t20-,21-,22-/m1/s1. The van der Waals surface area contributed by atoms with Crippen LogP contribution in [0.2, 0.25) is 0 Å². The van der Waals surface area contributed by atoms with E-state index in [2.05, 4.69) is 33.0 Å². The number of carbonyl (C=O) groups excluding carboxylic acids is 2. The molecule has 2 saturated heterocycles. The van der Waals surface area contributed by atoms with E-state index in [0.29, 0.717) is 25.9 Å². The lowest BCUT2D eigenvalue weighted by Gasteiger charge is -2.37. The number of rotatable bonds is 8. The summed E-state index contributed by atoms with van der Waals surface area (Å²) in [6.45, 7) is 2.56. The molecule has 2 aromatic rings. The Morgan fingerprint density at radius 1 is 1.06 bits per heavy atom. The highest BCUT2D eigenvalue weighted by atomic mass is 19.1. The van der Waals surface area contributed by atoms with Crippen molar-refractivity contribution in [2.24, 2.45) is 0 Å². The average molecular weight is 425 g/mol. The summed E-state index contributed by atoms with van der Waals surface area (Å²) in [7, 11) is 0. The van der Waals surface area contributed by atoms with Crippen LogP contribution in [0.1, 0.15) is 30.4 Å². The smallest absolute Gasteiger partial charge is 0.237 e. The monoisotopic (exact) mass is 424 g/mol. The topological polar surface area (TPSA) is 73.5 Å². The van der Waals surface area contributed by atoms with Gasteiger partial charge in [0.25, 0.3) is 0 Å². The zero-order valence-electron chi connectivity index (χ0n) is 17.5. The van der Waals surface area contributed by atoms with Crippen LogP contribution < -0.4 is 16.0 Å². The van der Waals surface area contributed by atoms with E-state index >= 15 is 0 Å². The first-order chi connectivity index (χ1) is 15.1. The zero-order valence-corrected chi connectivity index (χ0v) is 17.5. The van der Waals surface area contributed by atoms with Crippen molar-refractivity contribution in [1.82, 2.24) is 20.9 Å². The SMILES string of the molecule is O=C(CC[C@@H]1CNC(=O)[C@H]2C[C@@H](NCc3ccccc3)CN12)NCc1ccc(F)cc1. The molecule has 3 atom stereocenters. The lowest BCUT2D eigenvalue weighted by molar-refractivity contribution is -0.129. The summed E-state index contributed by atoms with van der Waals surface area (Å²) in [6.07, 6.45) is 1.87. The molecule has 0 aromatic heterocycles. The number of halogens is 1. The lowest BCUT2D eigenvalue weighted by atomic mass is 10.0.